The molecule has 3 nitrogen and oxygen atoms in total. The summed E-state index contributed by atoms with van der Waals surface area (Å²) in [5.74, 6) is 0.905. The van der Waals surface area contributed by atoms with Crippen LogP contribution in [0.15, 0.2) is 30.3 Å². The van der Waals surface area contributed by atoms with Gasteiger partial charge in [-0.3, -0.25) is 0 Å². The summed E-state index contributed by atoms with van der Waals surface area (Å²) in [7, 11) is 0. The lowest BCUT2D eigenvalue weighted by molar-refractivity contribution is 0.0289. The number of nitrogens with one attached hydrogen (secondary N) is 1. The average Bonchev–Trinajstić information content (AvgIpc) is 2.45. The maximum Gasteiger partial charge on any atom is 0.119 e. The highest BCUT2D eigenvalue weighted by Crippen LogP contribution is 2.08. The van der Waals surface area contributed by atoms with E-state index in [-0.39, 0.29) is 0 Å². The fraction of sp³-hybridized carbons (Fsp3) is 0.625. The number of rotatable bonds is 11. The van der Waals surface area contributed by atoms with Crippen LogP contribution in [-0.2, 0) is 4.74 Å². The quantitative estimate of drug-likeness (QED) is 0.623. The first-order valence-electron chi connectivity index (χ1n) is 7.37. The fourth-order valence-electron chi connectivity index (χ4n) is 1.90. The van der Waals surface area contributed by atoms with Crippen LogP contribution in [-0.4, -0.2) is 32.4 Å². The molecule has 108 valence electrons. The summed E-state index contributed by atoms with van der Waals surface area (Å²) < 4.78 is 11.5. The van der Waals surface area contributed by atoms with Crippen molar-refractivity contribution in [3.63, 3.8) is 0 Å². The summed E-state index contributed by atoms with van der Waals surface area (Å²) in [4.78, 5) is 0. The number of benzene rings is 1. The second-order valence-corrected chi connectivity index (χ2v) is 4.65. The monoisotopic (exact) mass is 265 g/mol. The van der Waals surface area contributed by atoms with Gasteiger partial charge in [0.05, 0.1) is 12.7 Å². The molecule has 0 saturated heterocycles. The largest absolute Gasteiger partial charge is 0.491 e. The fourth-order valence-corrected chi connectivity index (χ4v) is 1.90. The Balaban J connectivity index is 2.13. The first-order valence-corrected chi connectivity index (χ1v) is 7.37. The van der Waals surface area contributed by atoms with Crippen LogP contribution in [0.25, 0.3) is 0 Å². The van der Waals surface area contributed by atoms with Crippen molar-refractivity contribution in [3.05, 3.63) is 30.3 Å². The van der Waals surface area contributed by atoms with Gasteiger partial charge < -0.3 is 14.8 Å². The molecular weight excluding hydrogens is 238 g/mol. The van der Waals surface area contributed by atoms with E-state index in [0.29, 0.717) is 19.3 Å². The van der Waals surface area contributed by atoms with Crippen molar-refractivity contribution in [2.75, 3.05) is 26.3 Å². The van der Waals surface area contributed by atoms with E-state index in [0.717, 1.165) is 38.1 Å². The summed E-state index contributed by atoms with van der Waals surface area (Å²) in [6, 6.07) is 9.87. The Bertz CT molecular complexity index is 303. The minimum Gasteiger partial charge on any atom is -0.491 e. The maximum atomic E-state index is 5.86. The Kier molecular flexibility index (Phi) is 9.11. The van der Waals surface area contributed by atoms with Crippen molar-refractivity contribution in [1.82, 2.24) is 5.32 Å². The van der Waals surface area contributed by atoms with Gasteiger partial charge >= 0.3 is 0 Å². The second kappa shape index (κ2) is 10.8. The number of hydrogen-bond acceptors (Lipinski definition) is 3. The highest BCUT2D eigenvalue weighted by atomic mass is 16.5. The molecule has 0 aliphatic rings. The topological polar surface area (TPSA) is 30.5 Å². The van der Waals surface area contributed by atoms with Gasteiger partial charge in [-0.15, -0.1) is 0 Å². The third-order valence-electron chi connectivity index (χ3n) is 2.86. The van der Waals surface area contributed by atoms with Crippen molar-refractivity contribution in [3.8, 4) is 5.75 Å². The molecule has 1 unspecified atom stereocenters. The van der Waals surface area contributed by atoms with E-state index in [9.17, 15) is 0 Å². The molecule has 0 bridgehead atoms. The summed E-state index contributed by atoms with van der Waals surface area (Å²) in [5.41, 5.74) is 0. The third-order valence-corrected chi connectivity index (χ3v) is 2.86. The Morgan fingerprint density at radius 1 is 1.05 bits per heavy atom. The van der Waals surface area contributed by atoms with E-state index in [4.69, 9.17) is 9.47 Å². The molecular formula is C16H27NO2. The zero-order valence-corrected chi connectivity index (χ0v) is 12.2. The van der Waals surface area contributed by atoms with E-state index >= 15 is 0 Å². The lowest BCUT2D eigenvalue weighted by Crippen LogP contribution is -2.30. The minimum atomic E-state index is 0.302. The SMILES string of the molecule is CCCNCC(CCC)OCCOc1ccccc1. The zero-order chi connectivity index (χ0) is 13.8. The van der Waals surface area contributed by atoms with E-state index < -0.39 is 0 Å². The second-order valence-electron chi connectivity index (χ2n) is 4.65. The smallest absolute Gasteiger partial charge is 0.119 e. The predicted molar refractivity (Wildman–Crippen MR) is 79.7 cm³/mol. The van der Waals surface area contributed by atoms with Crippen LogP contribution in [0.5, 0.6) is 5.75 Å². The first-order chi connectivity index (χ1) is 9.36. The van der Waals surface area contributed by atoms with Crippen LogP contribution in [0.4, 0.5) is 0 Å². The standard InChI is InChI=1S/C16H27NO2/c1-3-8-16(14-17-11-4-2)19-13-12-18-15-9-6-5-7-10-15/h5-7,9-10,16-17H,3-4,8,11-14H2,1-2H3. The van der Waals surface area contributed by atoms with Gasteiger partial charge in [-0.25, -0.2) is 0 Å². The number of ether oxygens (including phenoxy) is 2. The van der Waals surface area contributed by atoms with Gasteiger partial charge in [-0.1, -0.05) is 38.5 Å². The van der Waals surface area contributed by atoms with Crippen LogP contribution in [0.1, 0.15) is 33.1 Å². The lowest BCUT2D eigenvalue weighted by atomic mass is 10.2. The molecule has 0 aromatic heterocycles. The van der Waals surface area contributed by atoms with Crippen LogP contribution >= 0.6 is 0 Å². The third kappa shape index (κ3) is 7.85. The summed E-state index contributed by atoms with van der Waals surface area (Å²) in [6.07, 6.45) is 3.71. The van der Waals surface area contributed by atoms with Crippen molar-refractivity contribution >= 4 is 0 Å². The zero-order valence-electron chi connectivity index (χ0n) is 12.2. The summed E-state index contributed by atoms with van der Waals surface area (Å²) in [5, 5.41) is 3.41. The summed E-state index contributed by atoms with van der Waals surface area (Å²) in [6.45, 7) is 7.62. The van der Waals surface area contributed by atoms with Crippen molar-refractivity contribution in [2.24, 2.45) is 0 Å². The average molecular weight is 265 g/mol. The van der Waals surface area contributed by atoms with Gasteiger partial charge in [0.2, 0.25) is 0 Å². The van der Waals surface area contributed by atoms with Crippen LogP contribution in [0.2, 0.25) is 0 Å². The minimum absolute atomic E-state index is 0.302. The molecule has 0 radical (unpaired) electrons. The van der Waals surface area contributed by atoms with Crippen LogP contribution in [0.3, 0.4) is 0 Å². The van der Waals surface area contributed by atoms with Gasteiger partial charge in [0.15, 0.2) is 0 Å². The van der Waals surface area contributed by atoms with Gasteiger partial charge in [-0.05, 0) is 31.5 Å². The van der Waals surface area contributed by atoms with Crippen molar-refractivity contribution in [2.45, 2.75) is 39.2 Å². The number of hydrogen-bond donors (Lipinski definition) is 1. The molecule has 0 amide bonds. The Hall–Kier alpha value is -1.06. The summed E-state index contributed by atoms with van der Waals surface area (Å²) >= 11 is 0. The van der Waals surface area contributed by atoms with Gasteiger partial charge in [0.1, 0.15) is 12.4 Å². The van der Waals surface area contributed by atoms with Crippen molar-refractivity contribution in [1.29, 1.82) is 0 Å². The Labute approximate surface area is 117 Å². The van der Waals surface area contributed by atoms with E-state index in [2.05, 4.69) is 19.2 Å². The Morgan fingerprint density at radius 2 is 1.84 bits per heavy atom. The molecule has 0 aliphatic carbocycles. The lowest BCUT2D eigenvalue weighted by Gasteiger charge is -2.18. The van der Waals surface area contributed by atoms with Crippen molar-refractivity contribution < 1.29 is 9.47 Å². The molecule has 1 aromatic carbocycles. The number of para-hydroxylation sites is 1. The maximum absolute atomic E-state index is 5.86. The molecule has 3 heteroatoms. The van der Waals surface area contributed by atoms with E-state index in [1.807, 2.05) is 30.3 Å². The molecule has 0 fully saturated rings. The molecule has 1 aromatic rings. The Morgan fingerprint density at radius 3 is 2.53 bits per heavy atom. The first kappa shape index (κ1) is 16.0. The van der Waals surface area contributed by atoms with Crippen LogP contribution < -0.4 is 10.1 Å². The molecule has 1 N–H and O–H groups in total. The normalized spacial score (nSPS) is 12.3. The predicted octanol–water partition coefficient (Wildman–Crippen LogP) is 3.25. The molecule has 1 atom stereocenters. The molecule has 0 heterocycles. The molecule has 0 aliphatic heterocycles. The van der Waals surface area contributed by atoms with Gasteiger partial charge in [0.25, 0.3) is 0 Å². The van der Waals surface area contributed by atoms with E-state index in [1.165, 1.54) is 0 Å². The van der Waals surface area contributed by atoms with Crippen LogP contribution in [0, 0.1) is 0 Å². The molecule has 0 saturated carbocycles. The highest BCUT2D eigenvalue weighted by molar-refractivity contribution is 5.20. The highest BCUT2D eigenvalue weighted by Gasteiger charge is 2.07. The molecule has 1 rings (SSSR count). The van der Waals surface area contributed by atoms with Gasteiger partial charge in [0, 0.05) is 6.54 Å². The van der Waals surface area contributed by atoms with E-state index in [1.54, 1.807) is 0 Å². The molecule has 19 heavy (non-hydrogen) atoms. The molecule has 0 spiro atoms. The van der Waals surface area contributed by atoms with Gasteiger partial charge in [-0.2, -0.15) is 0 Å².